The van der Waals surface area contributed by atoms with Crippen molar-refractivity contribution in [3.05, 3.63) is 41.4 Å². The van der Waals surface area contributed by atoms with Crippen LogP contribution in [0.5, 0.6) is 0 Å². The van der Waals surface area contributed by atoms with E-state index in [1.165, 1.54) is 18.2 Å². The van der Waals surface area contributed by atoms with Crippen molar-refractivity contribution in [2.75, 3.05) is 25.1 Å². The molecular weight excluding hydrogens is 296 g/mol. The standard InChI is InChI=1S/C14H17ClN2O4/c1-2-3-5-21-6-4-16-14(20)17-12-8-10(13(18)19)7-11(15)9-12/h2,7-9H,1,3-6H2,(H,18,19)(H2,16,17,20). The maximum atomic E-state index is 11.6. The number of hydrogen-bond acceptors (Lipinski definition) is 3. The molecule has 1 rings (SSSR count). The SMILES string of the molecule is C=CCCOCCNC(=O)Nc1cc(Cl)cc(C(=O)O)c1. The second-order valence-electron chi connectivity index (χ2n) is 4.10. The molecule has 114 valence electrons. The van der Waals surface area contributed by atoms with Crippen LogP contribution < -0.4 is 10.6 Å². The fourth-order valence-electron chi connectivity index (χ4n) is 1.47. The third-order valence-corrected chi connectivity index (χ3v) is 2.62. The first-order chi connectivity index (χ1) is 10.0. The van der Waals surface area contributed by atoms with E-state index in [-0.39, 0.29) is 10.6 Å². The third kappa shape index (κ3) is 6.78. The Hall–Kier alpha value is -2.05. The molecule has 0 bridgehead atoms. The van der Waals surface area contributed by atoms with Gasteiger partial charge < -0.3 is 20.5 Å². The van der Waals surface area contributed by atoms with Gasteiger partial charge in [-0.25, -0.2) is 9.59 Å². The number of carboxylic acids is 1. The topological polar surface area (TPSA) is 87.7 Å². The number of anilines is 1. The second kappa shape index (κ2) is 8.99. The summed E-state index contributed by atoms with van der Waals surface area (Å²) in [5.41, 5.74) is 0.315. The minimum Gasteiger partial charge on any atom is -0.478 e. The van der Waals surface area contributed by atoms with E-state index in [0.29, 0.717) is 25.4 Å². The highest BCUT2D eigenvalue weighted by Crippen LogP contribution is 2.19. The molecule has 2 amide bonds. The average Bonchev–Trinajstić information content (AvgIpc) is 2.42. The van der Waals surface area contributed by atoms with Crippen molar-refractivity contribution in [2.45, 2.75) is 6.42 Å². The Morgan fingerprint density at radius 3 is 2.76 bits per heavy atom. The van der Waals surface area contributed by atoms with E-state index in [1.807, 2.05) is 0 Å². The van der Waals surface area contributed by atoms with Crippen LogP contribution in [0.25, 0.3) is 0 Å². The lowest BCUT2D eigenvalue weighted by atomic mass is 10.2. The molecule has 6 nitrogen and oxygen atoms in total. The molecule has 0 saturated heterocycles. The molecule has 0 aliphatic rings. The molecule has 7 heteroatoms. The zero-order chi connectivity index (χ0) is 15.7. The first-order valence-corrected chi connectivity index (χ1v) is 6.68. The first kappa shape index (κ1) is 17.0. The molecule has 1 aromatic carbocycles. The van der Waals surface area contributed by atoms with Crippen LogP contribution in [-0.2, 0) is 4.74 Å². The molecule has 0 aliphatic heterocycles. The van der Waals surface area contributed by atoms with Gasteiger partial charge in [0.05, 0.1) is 18.8 Å². The smallest absolute Gasteiger partial charge is 0.335 e. The molecule has 0 spiro atoms. The number of rotatable bonds is 8. The second-order valence-corrected chi connectivity index (χ2v) is 4.54. The highest BCUT2D eigenvalue weighted by molar-refractivity contribution is 6.31. The van der Waals surface area contributed by atoms with Crippen LogP contribution in [-0.4, -0.2) is 36.9 Å². The van der Waals surface area contributed by atoms with Gasteiger partial charge in [-0.3, -0.25) is 0 Å². The summed E-state index contributed by atoms with van der Waals surface area (Å²) in [6, 6.07) is 3.64. The van der Waals surface area contributed by atoms with E-state index in [1.54, 1.807) is 6.08 Å². The molecule has 0 fully saturated rings. The van der Waals surface area contributed by atoms with Gasteiger partial charge in [-0.15, -0.1) is 6.58 Å². The molecule has 0 unspecified atom stereocenters. The van der Waals surface area contributed by atoms with E-state index in [9.17, 15) is 9.59 Å². The lowest BCUT2D eigenvalue weighted by Gasteiger charge is -2.09. The van der Waals surface area contributed by atoms with Gasteiger partial charge in [0.25, 0.3) is 0 Å². The molecule has 0 atom stereocenters. The summed E-state index contributed by atoms with van der Waals surface area (Å²) in [7, 11) is 0. The Bertz CT molecular complexity index is 520. The van der Waals surface area contributed by atoms with Gasteiger partial charge in [0.1, 0.15) is 0 Å². The number of ether oxygens (including phenoxy) is 1. The fraction of sp³-hybridized carbons (Fsp3) is 0.286. The van der Waals surface area contributed by atoms with Gasteiger partial charge in [-0.05, 0) is 24.6 Å². The molecule has 1 aromatic rings. The van der Waals surface area contributed by atoms with Gasteiger partial charge in [0.2, 0.25) is 0 Å². The van der Waals surface area contributed by atoms with Crippen molar-refractivity contribution in [1.82, 2.24) is 5.32 Å². The Morgan fingerprint density at radius 2 is 2.10 bits per heavy atom. The Labute approximate surface area is 127 Å². The van der Waals surface area contributed by atoms with Crippen LogP contribution in [0.3, 0.4) is 0 Å². The Morgan fingerprint density at radius 1 is 1.33 bits per heavy atom. The maximum Gasteiger partial charge on any atom is 0.335 e. The summed E-state index contributed by atoms with van der Waals surface area (Å²) in [6.07, 6.45) is 2.51. The Kier molecular flexibility index (Phi) is 7.28. The monoisotopic (exact) mass is 312 g/mol. The predicted molar refractivity (Wildman–Crippen MR) is 81.1 cm³/mol. The van der Waals surface area contributed by atoms with Gasteiger partial charge in [-0.1, -0.05) is 17.7 Å². The number of hydrogen-bond donors (Lipinski definition) is 3. The lowest BCUT2D eigenvalue weighted by molar-refractivity contribution is 0.0697. The molecule has 21 heavy (non-hydrogen) atoms. The minimum atomic E-state index is -1.11. The van der Waals surface area contributed by atoms with Crippen LogP contribution in [0.4, 0.5) is 10.5 Å². The van der Waals surface area contributed by atoms with Gasteiger partial charge in [-0.2, -0.15) is 0 Å². The fourth-order valence-corrected chi connectivity index (χ4v) is 1.70. The summed E-state index contributed by atoms with van der Waals surface area (Å²) < 4.78 is 5.23. The van der Waals surface area contributed by atoms with Crippen LogP contribution in [0.15, 0.2) is 30.9 Å². The van der Waals surface area contributed by atoms with Crippen molar-refractivity contribution in [3.8, 4) is 0 Å². The van der Waals surface area contributed by atoms with Crippen molar-refractivity contribution in [2.24, 2.45) is 0 Å². The average molecular weight is 313 g/mol. The summed E-state index contributed by atoms with van der Waals surface area (Å²) in [4.78, 5) is 22.5. The van der Waals surface area contributed by atoms with Crippen LogP contribution in [0.1, 0.15) is 16.8 Å². The molecule has 0 aromatic heterocycles. The number of urea groups is 1. The number of aromatic carboxylic acids is 1. The summed E-state index contributed by atoms with van der Waals surface area (Å²) in [5.74, 6) is -1.11. The molecule has 0 aliphatic carbocycles. The van der Waals surface area contributed by atoms with Crippen LogP contribution in [0, 0.1) is 0 Å². The van der Waals surface area contributed by atoms with Crippen LogP contribution >= 0.6 is 11.6 Å². The van der Waals surface area contributed by atoms with E-state index >= 15 is 0 Å². The quantitative estimate of drug-likeness (QED) is 0.509. The maximum absolute atomic E-state index is 11.6. The molecule has 0 saturated carbocycles. The van der Waals surface area contributed by atoms with Crippen molar-refractivity contribution < 1.29 is 19.4 Å². The van der Waals surface area contributed by atoms with Crippen LogP contribution in [0.2, 0.25) is 5.02 Å². The minimum absolute atomic E-state index is 0.00515. The zero-order valence-electron chi connectivity index (χ0n) is 11.4. The summed E-state index contributed by atoms with van der Waals surface area (Å²) >= 11 is 5.79. The molecule has 0 radical (unpaired) electrons. The zero-order valence-corrected chi connectivity index (χ0v) is 12.2. The number of amides is 2. The number of benzene rings is 1. The number of halogens is 1. The lowest BCUT2D eigenvalue weighted by Crippen LogP contribution is -2.31. The Balaban J connectivity index is 2.40. The largest absolute Gasteiger partial charge is 0.478 e. The third-order valence-electron chi connectivity index (χ3n) is 2.40. The number of carbonyl (C=O) groups excluding carboxylic acids is 1. The van der Waals surface area contributed by atoms with E-state index in [0.717, 1.165) is 6.42 Å². The van der Waals surface area contributed by atoms with Crippen molar-refractivity contribution in [1.29, 1.82) is 0 Å². The van der Waals surface area contributed by atoms with Crippen molar-refractivity contribution in [3.63, 3.8) is 0 Å². The van der Waals surface area contributed by atoms with E-state index in [4.69, 9.17) is 21.4 Å². The van der Waals surface area contributed by atoms with E-state index < -0.39 is 12.0 Å². The first-order valence-electron chi connectivity index (χ1n) is 6.30. The molecular formula is C14H17ClN2O4. The van der Waals surface area contributed by atoms with E-state index in [2.05, 4.69) is 17.2 Å². The highest BCUT2D eigenvalue weighted by atomic mass is 35.5. The molecule has 3 N–H and O–H groups in total. The number of nitrogens with one attached hydrogen (secondary N) is 2. The highest BCUT2D eigenvalue weighted by Gasteiger charge is 2.08. The molecule has 0 heterocycles. The predicted octanol–water partition coefficient (Wildman–Crippen LogP) is 2.75. The number of carboxylic acid groups (broad SMARTS) is 1. The normalized spacial score (nSPS) is 9.95. The summed E-state index contributed by atoms with van der Waals surface area (Å²) in [5, 5.41) is 14.2. The number of carbonyl (C=O) groups is 2. The van der Waals surface area contributed by atoms with Crippen molar-refractivity contribution >= 4 is 29.3 Å². The van der Waals surface area contributed by atoms with Gasteiger partial charge >= 0.3 is 12.0 Å². The van der Waals surface area contributed by atoms with Gasteiger partial charge in [0.15, 0.2) is 0 Å². The summed E-state index contributed by atoms with van der Waals surface area (Å²) in [6.45, 7) is 4.86. The van der Waals surface area contributed by atoms with Gasteiger partial charge in [0, 0.05) is 17.3 Å².